The number of ether oxygens (including phenoxy) is 1. The van der Waals surface area contributed by atoms with Gasteiger partial charge < -0.3 is 9.84 Å². The minimum atomic E-state index is -1.13. The monoisotopic (exact) mass is 240 g/mol. The van der Waals surface area contributed by atoms with Gasteiger partial charge in [-0.3, -0.25) is 0 Å². The van der Waals surface area contributed by atoms with Crippen molar-refractivity contribution in [3.05, 3.63) is 29.3 Å². The Bertz CT molecular complexity index is 414. The number of carbonyl (C=O) groups is 2. The van der Waals surface area contributed by atoms with Gasteiger partial charge in [0.15, 0.2) is 0 Å². The molecule has 0 aliphatic carbocycles. The molecule has 0 heterocycles. The first-order valence-electron chi connectivity index (χ1n) is 4.68. The summed E-state index contributed by atoms with van der Waals surface area (Å²) in [5.41, 5.74) is 0.0563. The third-order valence-corrected chi connectivity index (χ3v) is 2.81. The predicted molar refractivity (Wildman–Crippen MR) is 61.1 cm³/mol. The third-order valence-electron chi connectivity index (χ3n) is 1.94. The summed E-state index contributed by atoms with van der Waals surface area (Å²) in [6, 6.07) is 4.68. The van der Waals surface area contributed by atoms with Gasteiger partial charge in [0.1, 0.15) is 0 Å². The van der Waals surface area contributed by atoms with Crippen LogP contribution in [0.25, 0.3) is 0 Å². The van der Waals surface area contributed by atoms with Crippen LogP contribution in [-0.2, 0) is 4.74 Å². The summed E-state index contributed by atoms with van der Waals surface area (Å²) in [7, 11) is 1.22. The minimum absolute atomic E-state index is 0.0229. The SMILES string of the molecule is CCSc1ccc(C(=O)OC)c(C(=O)O)c1. The molecule has 86 valence electrons. The number of benzene rings is 1. The van der Waals surface area contributed by atoms with Crippen LogP contribution < -0.4 is 0 Å². The van der Waals surface area contributed by atoms with Crippen molar-refractivity contribution in [2.75, 3.05) is 12.9 Å². The van der Waals surface area contributed by atoms with Gasteiger partial charge >= 0.3 is 11.9 Å². The molecule has 0 unspecified atom stereocenters. The second-order valence-corrected chi connectivity index (χ2v) is 4.27. The molecule has 1 aromatic carbocycles. The van der Waals surface area contributed by atoms with Crippen molar-refractivity contribution in [3.8, 4) is 0 Å². The Morgan fingerprint density at radius 3 is 2.56 bits per heavy atom. The lowest BCUT2D eigenvalue weighted by molar-refractivity contribution is 0.0582. The summed E-state index contributed by atoms with van der Waals surface area (Å²) in [5, 5.41) is 8.99. The molecule has 5 heteroatoms. The molecule has 0 spiro atoms. The van der Waals surface area contributed by atoms with Gasteiger partial charge in [-0.1, -0.05) is 6.92 Å². The molecule has 16 heavy (non-hydrogen) atoms. The highest BCUT2D eigenvalue weighted by Gasteiger charge is 2.17. The molecule has 0 radical (unpaired) electrons. The first-order chi connectivity index (χ1) is 7.60. The van der Waals surface area contributed by atoms with Crippen LogP contribution in [0.3, 0.4) is 0 Å². The van der Waals surface area contributed by atoms with Crippen LogP contribution in [0.2, 0.25) is 0 Å². The molecule has 0 aliphatic heterocycles. The summed E-state index contributed by atoms with van der Waals surface area (Å²) >= 11 is 1.52. The lowest BCUT2D eigenvalue weighted by Crippen LogP contribution is -2.10. The molecule has 0 atom stereocenters. The van der Waals surface area contributed by atoms with Crippen LogP contribution in [0.4, 0.5) is 0 Å². The molecule has 0 saturated heterocycles. The second-order valence-electron chi connectivity index (χ2n) is 2.94. The van der Waals surface area contributed by atoms with E-state index in [-0.39, 0.29) is 11.1 Å². The van der Waals surface area contributed by atoms with Crippen LogP contribution in [0, 0.1) is 0 Å². The van der Waals surface area contributed by atoms with E-state index in [0.29, 0.717) is 0 Å². The zero-order chi connectivity index (χ0) is 12.1. The largest absolute Gasteiger partial charge is 0.478 e. The Labute approximate surface area is 97.6 Å². The number of aromatic carboxylic acids is 1. The highest BCUT2D eigenvalue weighted by molar-refractivity contribution is 7.99. The van der Waals surface area contributed by atoms with Crippen molar-refractivity contribution in [1.29, 1.82) is 0 Å². The molecule has 0 bridgehead atoms. The molecule has 4 nitrogen and oxygen atoms in total. The average molecular weight is 240 g/mol. The fraction of sp³-hybridized carbons (Fsp3) is 0.273. The second kappa shape index (κ2) is 5.55. The highest BCUT2D eigenvalue weighted by Crippen LogP contribution is 2.22. The topological polar surface area (TPSA) is 63.6 Å². The molecule has 0 aliphatic rings. The van der Waals surface area contributed by atoms with Gasteiger partial charge in [-0.15, -0.1) is 11.8 Å². The zero-order valence-corrected chi connectivity index (χ0v) is 9.84. The minimum Gasteiger partial charge on any atom is -0.478 e. The van der Waals surface area contributed by atoms with E-state index in [1.165, 1.54) is 31.0 Å². The maximum absolute atomic E-state index is 11.3. The van der Waals surface area contributed by atoms with Gasteiger partial charge in [-0.2, -0.15) is 0 Å². The molecule has 1 aromatic rings. The summed E-state index contributed by atoms with van der Waals surface area (Å²) in [5.74, 6) is -0.916. The number of methoxy groups -OCH3 is 1. The number of esters is 1. The Hall–Kier alpha value is -1.49. The number of thioether (sulfide) groups is 1. The van der Waals surface area contributed by atoms with E-state index < -0.39 is 11.9 Å². The molecule has 0 amide bonds. The van der Waals surface area contributed by atoms with Crippen LogP contribution in [-0.4, -0.2) is 29.9 Å². The standard InChI is InChI=1S/C11H12O4S/c1-3-16-7-4-5-8(11(14)15-2)9(6-7)10(12)13/h4-6H,3H2,1-2H3,(H,12,13). The Balaban J connectivity index is 3.19. The maximum atomic E-state index is 11.3. The number of carbonyl (C=O) groups excluding carboxylic acids is 1. The van der Waals surface area contributed by atoms with Crippen molar-refractivity contribution in [3.63, 3.8) is 0 Å². The molecule has 1 N–H and O–H groups in total. The fourth-order valence-corrected chi connectivity index (χ4v) is 1.94. The van der Waals surface area contributed by atoms with Crippen molar-refractivity contribution >= 4 is 23.7 Å². The van der Waals surface area contributed by atoms with E-state index in [4.69, 9.17) is 5.11 Å². The number of hydrogen-bond donors (Lipinski definition) is 1. The number of rotatable bonds is 4. The van der Waals surface area contributed by atoms with Crippen LogP contribution >= 0.6 is 11.8 Å². The molecular formula is C11H12O4S. The lowest BCUT2D eigenvalue weighted by atomic mass is 10.1. The quantitative estimate of drug-likeness (QED) is 0.646. The van der Waals surface area contributed by atoms with Gasteiger partial charge in [-0.25, -0.2) is 9.59 Å². The lowest BCUT2D eigenvalue weighted by Gasteiger charge is -2.06. The van der Waals surface area contributed by atoms with Gasteiger partial charge in [0.25, 0.3) is 0 Å². The summed E-state index contributed by atoms with van der Waals surface area (Å²) in [6.07, 6.45) is 0. The van der Waals surface area contributed by atoms with Crippen molar-refractivity contribution in [2.24, 2.45) is 0 Å². The van der Waals surface area contributed by atoms with Crippen LogP contribution in [0.5, 0.6) is 0 Å². The van der Waals surface area contributed by atoms with Gasteiger partial charge in [0, 0.05) is 4.90 Å². The van der Waals surface area contributed by atoms with Gasteiger partial charge in [0.2, 0.25) is 0 Å². The Kier molecular flexibility index (Phi) is 4.37. The van der Waals surface area contributed by atoms with E-state index in [0.717, 1.165) is 10.6 Å². The van der Waals surface area contributed by atoms with Crippen LogP contribution in [0.15, 0.2) is 23.1 Å². The van der Waals surface area contributed by atoms with Crippen LogP contribution in [0.1, 0.15) is 27.6 Å². The first kappa shape index (κ1) is 12.6. The number of carboxylic acid groups (broad SMARTS) is 1. The maximum Gasteiger partial charge on any atom is 0.338 e. The van der Waals surface area contributed by atoms with E-state index in [2.05, 4.69) is 4.74 Å². The molecule has 0 aromatic heterocycles. The zero-order valence-electron chi connectivity index (χ0n) is 9.02. The van der Waals surface area contributed by atoms with Crippen molar-refractivity contribution in [2.45, 2.75) is 11.8 Å². The van der Waals surface area contributed by atoms with Gasteiger partial charge in [-0.05, 0) is 24.0 Å². The predicted octanol–water partition coefficient (Wildman–Crippen LogP) is 2.28. The first-order valence-corrected chi connectivity index (χ1v) is 5.67. The molecular weight excluding hydrogens is 228 g/mol. The number of carboxylic acids is 1. The normalized spacial score (nSPS) is 9.88. The highest BCUT2D eigenvalue weighted by atomic mass is 32.2. The van der Waals surface area contributed by atoms with E-state index >= 15 is 0 Å². The summed E-state index contributed by atoms with van der Waals surface area (Å²) in [4.78, 5) is 23.1. The van der Waals surface area contributed by atoms with Crippen molar-refractivity contribution in [1.82, 2.24) is 0 Å². The Morgan fingerprint density at radius 1 is 1.38 bits per heavy atom. The number of hydrogen-bond acceptors (Lipinski definition) is 4. The third kappa shape index (κ3) is 2.76. The van der Waals surface area contributed by atoms with E-state index in [1.807, 2.05) is 6.92 Å². The summed E-state index contributed by atoms with van der Waals surface area (Å²) < 4.78 is 4.52. The van der Waals surface area contributed by atoms with E-state index in [9.17, 15) is 9.59 Å². The average Bonchev–Trinajstić information content (AvgIpc) is 2.28. The fourth-order valence-electron chi connectivity index (χ4n) is 1.24. The molecule has 0 saturated carbocycles. The molecule has 0 fully saturated rings. The van der Waals surface area contributed by atoms with Gasteiger partial charge in [0.05, 0.1) is 18.2 Å². The van der Waals surface area contributed by atoms with Crippen molar-refractivity contribution < 1.29 is 19.4 Å². The Morgan fingerprint density at radius 2 is 2.06 bits per heavy atom. The summed E-state index contributed by atoms with van der Waals surface area (Å²) in [6.45, 7) is 1.97. The van der Waals surface area contributed by atoms with E-state index in [1.54, 1.807) is 6.07 Å². The smallest absolute Gasteiger partial charge is 0.338 e. The molecule has 1 rings (SSSR count).